The van der Waals surface area contributed by atoms with E-state index in [-0.39, 0.29) is 24.2 Å². The van der Waals surface area contributed by atoms with E-state index in [1.54, 1.807) is 18.2 Å². The number of carbonyl (C=O) groups excluding carboxylic acids is 1. The SMILES string of the molecule is CC1CN(C(=O)C=Cc2ccc(F)cc2)CC1C(=O)O. The molecule has 1 aliphatic rings. The summed E-state index contributed by atoms with van der Waals surface area (Å²) in [6.45, 7) is 2.52. The number of amides is 1. The number of aliphatic carboxylic acids is 1. The van der Waals surface area contributed by atoms with Gasteiger partial charge in [0.15, 0.2) is 0 Å². The summed E-state index contributed by atoms with van der Waals surface area (Å²) < 4.78 is 12.7. The first-order chi connectivity index (χ1) is 9.47. The molecule has 1 aromatic carbocycles. The molecule has 1 aliphatic heterocycles. The predicted molar refractivity (Wildman–Crippen MR) is 72.3 cm³/mol. The maximum absolute atomic E-state index is 12.7. The number of carboxylic acids is 1. The Kier molecular flexibility index (Phi) is 4.17. The van der Waals surface area contributed by atoms with Crippen molar-refractivity contribution in [2.75, 3.05) is 13.1 Å². The molecule has 1 amide bonds. The van der Waals surface area contributed by atoms with Crippen molar-refractivity contribution in [3.63, 3.8) is 0 Å². The monoisotopic (exact) mass is 277 g/mol. The van der Waals surface area contributed by atoms with Crippen LogP contribution in [0.15, 0.2) is 30.3 Å². The van der Waals surface area contributed by atoms with Crippen LogP contribution in [0, 0.1) is 17.7 Å². The molecule has 2 unspecified atom stereocenters. The van der Waals surface area contributed by atoms with Gasteiger partial charge in [-0.2, -0.15) is 0 Å². The molecule has 0 saturated carbocycles. The molecule has 5 heteroatoms. The molecule has 20 heavy (non-hydrogen) atoms. The van der Waals surface area contributed by atoms with Crippen molar-refractivity contribution in [2.24, 2.45) is 11.8 Å². The number of carboxylic acid groups (broad SMARTS) is 1. The smallest absolute Gasteiger partial charge is 0.308 e. The van der Waals surface area contributed by atoms with Crippen LogP contribution in [-0.2, 0) is 9.59 Å². The van der Waals surface area contributed by atoms with Crippen LogP contribution in [0.5, 0.6) is 0 Å². The molecular formula is C15H16FNO3. The maximum atomic E-state index is 12.7. The molecule has 1 fully saturated rings. The van der Waals surface area contributed by atoms with Crippen LogP contribution >= 0.6 is 0 Å². The molecule has 1 saturated heterocycles. The van der Waals surface area contributed by atoms with Crippen molar-refractivity contribution in [1.82, 2.24) is 4.90 Å². The van der Waals surface area contributed by atoms with E-state index in [4.69, 9.17) is 5.11 Å². The Balaban J connectivity index is 1.99. The van der Waals surface area contributed by atoms with E-state index >= 15 is 0 Å². The second-order valence-electron chi connectivity index (χ2n) is 5.05. The Labute approximate surface area is 116 Å². The minimum absolute atomic E-state index is 0.0457. The summed E-state index contributed by atoms with van der Waals surface area (Å²) in [4.78, 5) is 24.5. The molecule has 0 radical (unpaired) electrons. The maximum Gasteiger partial charge on any atom is 0.308 e. The zero-order valence-corrected chi connectivity index (χ0v) is 11.1. The molecule has 0 bridgehead atoms. The van der Waals surface area contributed by atoms with Crippen molar-refractivity contribution in [3.05, 3.63) is 41.7 Å². The van der Waals surface area contributed by atoms with Crippen LogP contribution in [0.3, 0.4) is 0 Å². The summed E-state index contributed by atoms with van der Waals surface area (Å²) in [5, 5.41) is 9.03. The predicted octanol–water partition coefficient (Wildman–Crippen LogP) is 2.02. The number of likely N-dealkylation sites (tertiary alicyclic amines) is 1. The minimum Gasteiger partial charge on any atom is -0.481 e. The summed E-state index contributed by atoms with van der Waals surface area (Å²) in [6, 6.07) is 5.79. The van der Waals surface area contributed by atoms with Crippen LogP contribution in [-0.4, -0.2) is 35.0 Å². The van der Waals surface area contributed by atoms with Crippen molar-refractivity contribution < 1.29 is 19.1 Å². The van der Waals surface area contributed by atoms with Crippen molar-refractivity contribution >= 4 is 18.0 Å². The Bertz CT molecular complexity index is 539. The number of hydrogen-bond acceptors (Lipinski definition) is 2. The van der Waals surface area contributed by atoms with Gasteiger partial charge in [-0.15, -0.1) is 0 Å². The Morgan fingerprint density at radius 3 is 2.50 bits per heavy atom. The average Bonchev–Trinajstić information content (AvgIpc) is 2.80. The number of halogens is 1. The quantitative estimate of drug-likeness (QED) is 0.860. The van der Waals surface area contributed by atoms with Gasteiger partial charge >= 0.3 is 5.97 Å². The first kappa shape index (κ1) is 14.2. The lowest BCUT2D eigenvalue weighted by atomic mass is 9.99. The molecule has 106 valence electrons. The van der Waals surface area contributed by atoms with Gasteiger partial charge in [-0.05, 0) is 29.7 Å². The van der Waals surface area contributed by atoms with Gasteiger partial charge in [-0.1, -0.05) is 19.1 Å². The second kappa shape index (κ2) is 5.86. The first-order valence-corrected chi connectivity index (χ1v) is 6.42. The van der Waals surface area contributed by atoms with E-state index in [0.717, 1.165) is 5.56 Å². The van der Waals surface area contributed by atoms with Crippen LogP contribution in [0.2, 0.25) is 0 Å². The lowest BCUT2D eigenvalue weighted by Crippen LogP contribution is -2.28. The van der Waals surface area contributed by atoms with E-state index in [1.807, 2.05) is 6.92 Å². The van der Waals surface area contributed by atoms with Crippen LogP contribution < -0.4 is 0 Å². The largest absolute Gasteiger partial charge is 0.481 e. The minimum atomic E-state index is -0.865. The molecular weight excluding hydrogens is 261 g/mol. The fourth-order valence-corrected chi connectivity index (χ4v) is 2.32. The number of hydrogen-bond donors (Lipinski definition) is 1. The molecule has 1 N–H and O–H groups in total. The summed E-state index contributed by atoms with van der Waals surface area (Å²) in [7, 11) is 0. The second-order valence-corrected chi connectivity index (χ2v) is 5.05. The molecule has 0 spiro atoms. The molecule has 2 rings (SSSR count). The van der Waals surface area contributed by atoms with Crippen LogP contribution in [0.4, 0.5) is 4.39 Å². The third-order valence-electron chi connectivity index (χ3n) is 3.53. The third kappa shape index (κ3) is 3.23. The van der Waals surface area contributed by atoms with Gasteiger partial charge in [0.05, 0.1) is 5.92 Å². The fraction of sp³-hybridized carbons (Fsp3) is 0.333. The van der Waals surface area contributed by atoms with Crippen LogP contribution in [0.1, 0.15) is 12.5 Å². The zero-order valence-electron chi connectivity index (χ0n) is 11.1. The normalized spacial score (nSPS) is 22.4. The standard InChI is InChI=1S/C15H16FNO3/c1-10-8-17(9-13(10)15(19)20)14(18)7-4-11-2-5-12(16)6-3-11/h2-7,10,13H,8-9H2,1H3,(H,19,20). The Morgan fingerprint density at radius 2 is 1.95 bits per heavy atom. The van der Waals surface area contributed by atoms with Gasteiger partial charge in [0.1, 0.15) is 5.82 Å². The number of carbonyl (C=O) groups is 2. The van der Waals surface area contributed by atoms with E-state index in [1.165, 1.54) is 23.1 Å². The van der Waals surface area contributed by atoms with Crippen molar-refractivity contribution in [2.45, 2.75) is 6.92 Å². The van der Waals surface area contributed by atoms with E-state index in [9.17, 15) is 14.0 Å². The Morgan fingerprint density at radius 1 is 1.30 bits per heavy atom. The molecule has 2 atom stereocenters. The van der Waals surface area contributed by atoms with Gasteiger partial charge in [0, 0.05) is 19.2 Å². The van der Waals surface area contributed by atoms with Gasteiger partial charge in [-0.3, -0.25) is 9.59 Å². The Hall–Kier alpha value is -2.17. The van der Waals surface area contributed by atoms with Gasteiger partial charge in [-0.25, -0.2) is 4.39 Å². The molecule has 1 aromatic rings. The highest BCUT2D eigenvalue weighted by atomic mass is 19.1. The van der Waals surface area contributed by atoms with Crippen LogP contribution in [0.25, 0.3) is 6.08 Å². The van der Waals surface area contributed by atoms with Gasteiger partial charge < -0.3 is 10.0 Å². The molecule has 0 aromatic heterocycles. The third-order valence-corrected chi connectivity index (χ3v) is 3.53. The first-order valence-electron chi connectivity index (χ1n) is 6.42. The van der Waals surface area contributed by atoms with E-state index in [0.29, 0.717) is 6.54 Å². The van der Waals surface area contributed by atoms with Gasteiger partial charge in [0.2, 0.25) is 5.91 Å². The van der Waals surface area contributed by atoms with E-state index < -0.39 is 11.9 Å². The fourth-order valence-electron chi connectivity index (χ4n) is 2.32. The topological polar surface area (TPSA) is 57.6 Å². The highest BCUT2D eigenvalue weighted by Gasteiger charge is 2.36. The highest BCUT2D eigenvalue weighted by molar-refractivity contribution is 5.92. The molecule has 4 nitrogen and oxygen atoms in total. The number of nitrogens with zero attached hydrogens (tertiary/aromatic N) is 1. The zero-order chi connectivity index (χ0) is 14.7. The molecule has 1 heterocycles. The number of benzene rings is 1. The lowest BCUT2D eigenvalue weighted by molar-refractivity contribution is -0.142. The molecule has 0 aliphatic carbocycles. The number of rotatable bonds is 3. The summed E-state index contributed by atoms with van der Waals surface area (Å²) in [5.41, 5.74) is 0.724. The summed E-state index contributed by atoms with van der Waals surface area (Å²) in [5.74, 6) is -1.96. The summed E-state index contributed by atoms with van der Waals surface area (Å²) >= 11 is 0. The lowest BCUT2D eigenvalue weighted by Gasteiger charge is -2.12. The van der Waals surface area contributed by atoms with Crippen molar-refractivity contribution in [1.29, 1.82) is 0 Å². The van der Waals surface area contributed by atoms with E-state index in [2.05, 4.69) is 0 Å². The van der Waals surface area contributed by atoms with Crippen molar-refractivity contribution in [3.8, 4) is 0 Å². The van der Waals surface area contributed by atoms with Gasteiger partial charge in [0.25, 0.3) is 0 Å². The highest BCUT2D eigenvalue weighted by Crippen LogP contribution is 2.23. The average molecular weight is 277 g/mol. The summed E-state index contributed by atoms with van der Waals surface area (Å²) in [6.07, 6.45) is 2.99.